The van der Waals surface area contributed by atoms with Crippen molar-refractivity contribution in [2.24, 2.45) is 5.41 Å². The van der Waals surface area contributed by atoms with Crippen molar-refractivity contribution in [3.63, 3.8) is 0 Å². The fourth-order valence-electron chi connectivity index (χ4n) is 3.78. The SMILES string of the molecule is Cl.Nc1ccc(CC(=O)N2CCC3(CCCCC3)C2)cc1. The van der Waals surface area contributed by atoms with Crippen LogP contribution in [0.15, 0.2) is 24.3 Å². The summed E-state index contributed by atoms with van der Waals surface area (Å²) in [7, 11) is 0. The summed E-state index contributed by atoms with van der Waals surface area (Å²) in [6, 6.07) is 7.66. The quantitative estimate of drug-likeness (QED) is 0.851. The maximum atomic E-state index is 12.4. The van der Waals surface area contributed by atoms with E-state index in [0.29, 0.717) is 11.8 Å². The first-order valence-corrected chi connectivity index (χ1v) is 7.79. The molecule has 21 heavy (non-hydrogen) atoms. The normalized spacial score (nSPS) is 20.3. The van der Waals surface area contributed by atoms with E-state index in [0.717, 1.165) is 24.3 Å². The number of nitrogens with two attached hydrogens (primary N) is 1. The van der Waals surface area contributed by atoms with E-state index >= 15 is 0 Å². The number of nitrogen functional groups attached to an aromatic ring is 1. The molecule has 0 aromatic heterocycles. The van der Waals surface area contributed by atoms with Crippen molar-refractivity contribution in [2.75, 3.05) is 18.8 Å². The van der Waals surface area contributed by atoms with E-state index in [1.54, 1.807) is 0 Å². The number of halogens is 1. The summed E-state index contributed by atoms with van der Waals surface area (Å²) in [5.74, 6) is 0.275. The molecule has 2 aliphatic rings. The maximum Gasteiger partial charge on any atom is 0.227 e. The Kier molecular flexibility index (Phi) is 5.15. The van der Waals surface area contributed by atoms with Crippen molar-refractivity contribution in [1.82, 2.24) is 4.90 Å². The fraction of sp³-hybridized carbons (Fsp3) is 0.588. The maximum absolute atomic E-state index is 12.4. The molecule has 0 radical (unpaired) electrons. The Bertz CT molecular complexity index is 480. The molecule has 1 saturated carbocycles. The van der Waals surface area contributed by atoms with Gasteiger partial charge in [-0.05, 0) is 42.4 Å². The highest BCUT2D eigenvalue weighted by Crippen LogP contribution is 2.43. The lowest BCUT2D eigenvalue weighted by atomic mass is 9.73. The van der Waals surface area contributed by atoms with Crippen LogP contribution in [0.4, 0.5) is 5.69 Å². The van der Waals surface area contributed by atoms with Gasteiger partial charge >= 0.3 is 0 Å². The molecule has 0 unspecified atom stereocenters. The van der Waals surface area contributed by atoms with Crippen molar-refractivity contribution in [3.05, 3.63) is 29.8 Å². The molecule has 1 aliphatic carbocycles. The van der Waals surface area contributed by atoms with E-state index in [2.05, 4.69) is 4.90 Å². The van der Waals surface area contributed by atoms with E-state index in [1.807, 2.05) is 24.3 Å². The number of carbonyl (C=O) groups is 1. The van der Waals surface area contributed by atoms with Crippen LogP contribution in [0.3, 0.4) is 0 Å². The van der Waals surface area contributed by atoms with Crippen LogP contribution in [-0.4, -0.2) is 23.9 Å². The van der Waals surface area contributed by atoms with Crippen LogP contribution in [0.25, 0.3) is 0 Å². The molecule has 2 N–H and O–H groups in total. The summed E-state index contributed by atoms with van der Waals surface area (Å²) >= 11 is 0. The number of benzene rings is 1. The van der Waals surface area contributed by atoms with Crippen molar-refractivity contribution in [2.45, 2.75) is 44.9 Å². The van der Waals surface area contributed by atoms with E-state index in [9.17, 15) is 4.79 Å². The summed E-state index contributed by atoms with van der Waals surface area (Å²) in [4.78, 5) is 14.5. The Hall–Kier alpha value is -1.22. The Morgan fingerprint density at radius 2 is 1.76 bits per heavy atom. The number of likely N-dealkylation sites (tertiary alicyclic amines) is 1. The summed E-state index contributed by atoms with van der Waals surface area (Å²) in [5.41, 5.74) is 7.95. The van der Waals surface area contributed by atoms with Crippen LogP contribution in [-0.2, 0) is 11.2 Å². The number of nitrogens with zero attached hydrogens (tertiary/aromatic N) is 1. The topological polar surface area (TPSA) is 46.3 Å². The van der Waals surface area contributed by atoms with Gasteiger partial charge in [0.2, 0.25) is 5.91 Å². The van der Waals surface area contributed by atoms with Gasteiger partial charge in [0.1, 0.15) is 0 Å². The molecular formula is C17H25ClN2O. The number of anilines is 1. The van der Waals surface area contributed by atoms with Gasteiger partial charge in [0.05, 0.1) is 6.42 Å². The Morgan fingerprint density at radius 1 is 1.10 bits per heavy atom. The molecular weight excluding hydrogens is 284 g/mol. The molecule has 1 saturated heterocycles. The van der Waals surface area contributed by atoms with Gasteiger partial charge in [0.25, 0.3) is 0 Å². The molecule has 1 aromatic rings. The predicted octanol–water partition coefficient (Wildman–Crippen LogP) is 3.42. The summed E-state index contributed by atoms with van der Waals surface area (Å²) in [5, 5.41) is 0. The minimum Gasteiger partial charge on any atom is -0.399 e. The minimum absolute atomic E-state index is 0. The first-order valence-electron chi connectivity index (χ1n) is 7.79. The average Bonchev–Trinajstić information content (AvgIpc) is 2.86. The molecule has 0 bridgehead atoms. The molecule has 0 atom stereocenters. The van der Waals surface area contributed by atoms with Crippen LogP contribution in [0.5, 0.6) is 0 Å². The minimum atomic E-state index is 0. The zero-order valence-corrected chi connectivity index (χ0v) is 13.3. The highest BCUT2D eigenvalue weighted by molar-refractivity contribution is 5.85. The van der Waals surface area contributed by atoms with E-state index in [-0.39, 0.29) is 18.3 Å². The van der Waals surface area contributed by atoms with Crippen molar-refractivity contribution in [1.29, 1.82) is 0 Å². The molecule has 1 aliphatic heterocycles. The van der Waals surface area contributed by atoms with Crippen LogP contribution >= 0.6 is 12.4 Å². The highest BCUT2D eigenvalue weighted by atomic mass is 35.5. The van der Waals surface area contributed by atoms with Gasteiger partial charge in [0.15, 0.2) is 0 Å². The zero-order chi connectivity index (χ0) is 14.0. The van der Waals surface area contributed by atoms with Gasteiger partial charge in [-0.3, -0.25) is 4.79 Å². The second-order valence-corrected chi connectivity index (χ2v) is 6.54. The van der Waals surface area contributed by atoms with E-state index in [4.69, 9.17) is 5.73 Å². The third kappa shape index (κ3) is 3.70. The number of hydrogen-bond donors (Lipinski definition) is 1. The zero-order valence-electron chi connectivity index (χ0n) is 12.5. The number of rotatable bonds is 2. The monoisotopic (exact) mass is 308 g/mol. The highest BCUT2D eigenvalue weighted by Gasteiger charge is 2.40. The standard InChI is InChI=1S/C17H24N2O.ClH/c18-15-6-4-14(5-7-15)12-16(20)19-11-10-17(13-19)8-2-1-3-9-17;/h4-7H,1-3,8-13,18H2;1H. The lowest BCUT2D eigenvalue weighted by molar-refractivity contribution is -0.129. The first-order chi connectivity index (χ1) is 9.67. The average molecular weight is 309 g/mol. The van der Waals surface area contributed by atoms with Crippen molar-refractivity contribution < 1.29 is 4.79 Å². The van der Waals surface area contributed by atoms with Gasteiger partial charge in [-0.1, -0.05) is 31.4 Å². The third-order valence-electron chi connectivity index (χ3n) is 5.04. The molecule has 1 heterocycles. The molecule has 2 fully saturated rings. The Balaban J connectivity index is 0.00000161. The summed E-state index contributed by atoms with van der Waals surface area (Å²) in [6.45, 7) is 1.94. The molecule has 3 rings (SSSR count). The predicted molar refractivity (Wildman–Crippen MR) is 88.5 cm³/mol. The smallest absolute Gasteiger partial charge is 0.227 e. The van der Waals surface area contributed by atoms with E-state index in [1.165, 1.54) is 38.5 Å². The van der Waals surface area contributed by atoms with Gasteiger partial charge < -0.3 is 10.6 Å². The van der Waals surface area contributed by atoms with Crippen molar-refractivity contribution in [3.8, 4) is 0 Å². The number of carbonyl (C=O) groups excluding carboxylic acids is 1. The van der Waals surface area contributed by atoms with Crippen LogP contribution in [0.1, 0.15) is 44.1 Å². The van der Waals surface area contributed by atoms with Crippen LogP contribution in [0.2, 0.25) is 0 Å². The first kappa shape index (κ1) is 16.2. The number of amides is 1. The molecule has 4 heteroatoms. The summed E-state index contributed by atoms with van der Waals surface area (Å²) < 4.78 is 0. The second-order valence-electron chi connectivity index (χ2n) is 6.54. The van der Waals surface area contributed by atoms with Crippen LogP contribution in [0, 0.1) is 5.41 Å². The second kappa shape index (κ2) is 6.69. The van der Waals surface area contributed by atoms with Gasteiger partial charge in [0, 0.05) is 18.8 Å². The van der Waals surface area contributed by atoms with E-state index < -0.39 is 0 Å². The van der Waals surface area contributed by atoms with Gasteiger partial charge in [-0.15, -0.1) is 12.4 Å². The third-order valence-corrected chi connectivity index (χ3v) is 5.04. The van der Waals surface area contributed by atoms with Crippen molar-refractivity contribution >= 4 is 24.0 Å². The van der Waals surface area contributed by atoms with Gasteiger partial charge in [-0.2, -0.15) is 0 Å². The number of hydrogen-bond acceptors (Lipinski definition) is 2. The summed E-state index contributed by atoms with van der Waals surface area (Å²) in [6.07, 6.45) is 8.43. The Labute approximate surface area is 133 Å². The largest absolute Gasteiger partial charge is 0.399 e. The molecule has 1 aromatic carbocycles. The lowest BCUT2D eigenvalue weighted by Crippen LogP contribution is -2.34. The molecule has 3 nitrogen and oxygen atoms in total. The molecule has 1 spiro atoms. The fourth-order valence-corrected chi connectivity index (χ4v) is 3.78. The molecule has 116 valence electrons. The molecule has 1 amide bonds. The van der Waals surface area contributed by atoms with Gasteiger partial charge in [-0.25, -0.2) is 0 Å². The lowest BCUT2D eigenvalue weighted by Gasteiger charge is -2.33. The van der Waals surface area contributed by atoms with Crippen LogP contribution < -0.4 is 5.73 Å². The Morgan fingerprint density at radius 3 is 2.43 bits per heavy atom.